The summed E-state index contributed by atoms with van der Waals surface area (Å²) in [7, 11) is 0. The van der Waals surface area contributed by atoms with Crippen molar-refractivity contribution in [2.45, 2.75) is 0 Å². The van der Waals surface area contributed by atoms with Gasteiger partial charge in [0, 0.05) is 22.9 Å². The van der Waals surface area contributed by atoms with Crippen LogP contribution in [-0.4, -0.2) is 5.78 Å². The van der Waals surface area contributed by atoms with E-state index in [-0.39, 0.29) is 23.1 Å². The Balaban J connectivity index is -0.000000106. The van der Waals surface area contributed by atoms with E-state index in [4.69, 9.17) is 14.0 Å². The van der Waals surface area contributed by atoms with Gasteiger partial charge in [-0.2, -0.15) is 0 Å². The number of carbonyl (C=O) groups excluding carboxylic acids is 1. The molecule has 0 fully saturated rings. The molecule has 0 aliphatic heterocycles. The van der Waals surface area contributed by atoms with Gasteiger partial charge in [-0.15, -0.1) is 0 Å². The van der Waals surface area contributed by atoms with Crippen LogP contribution in [-0.2, 0) is 31.3 Å². The fraction of sp³-hybridized carbons (Fsp3) is 0. The van der Waals surface area contributed by atoms with Crippen molar-refractivity contribution in [2.24, 2.45) is 0 Å². The van der Waals surface area contributed by atoms with Crippen LogP contribution in [0, 0.1) is 20.0 Å². The summed E-state index contributed by atoms with van der Waals surface area (Å²) >= 11 is 0. The molecule has 1 rings (SSSR count). The van der Waals surface area contributed by atoms with Crippen LogP contribution in [0.25, 0.3) is 0 Å². The second-order valence-corrected chi connectivity index (χ2v) is 1.93. The second-order valence-electron chi connectivity index (χ2n) is 1.93. The zero-order chi connectivity index (χ0) is 13.4. The minimum atomic E-state index is -0.0272. The van der Waals surface area contributed by atoms with Gasteiger partial charge in [0.25, 0.3) is 0 Å². The molecule has 0 aliphatic rings. The van der Waals surface area contributed by atoms with Gasteiger partial charge in [0.1, 0.15) is 0 Å². The molecule has 0 N–H and O–H groups in total. The Hall–Kier alpha value is -1.62. The van der Waals surface area contributed by atoms with E-state index in [1.807, 2.05) is 18.2 Å². The van der Waals surface area contributed by atoms with Crippen molar-refractivity contribution in [3.05, 3.63) is 68.5 Å². The number of hydrogen-bond acceptors (Lipinski definition) is 1. The molecule has 0 saturated carbocycles. The molecule has 0 aromatic heterocycles. The number of ketones is 1. The van der Waals surface area contributed by atoms with Gasteiger partial charge < -0.3 is 0 Å². The number of carbonyl (C=O) groups is 1. The van der Waals surface area contributed by atoms with Gasteiger partial charge in [0.2, 0.25) is 0 Å². The summed E-state index contributed by atoms with van der Waals surface area (Å²) in [4.78, 5) is 10.9. The van der Waals surface area contributed by atoms with Gasteiger partial charge in [0.05, 0.1) is 0 Å². The molecule has 0 aliphatic carbocycles. The van der Waals surface area contributed by atoms with E-state index in [0.717, 1.165) is 0 Å². The van der Waals surface area contributed by atoms with Crippen molar-refractivity contribution in [3.63, 3.8) is 0 Å². The van der Waals surface area contributed by atoms with Gasteiger partial charge in [-0.05, 0) is 6.08 Å². The average molecular weight is 268 g/mol. The smallest absolute Gasteiger partial charge is 0 e. The zero-order valence-corrected chi connectivity index (χ0v) is 9.99. The van der Waals surface area contributed by atoms with Crippen LogP contribution in [0.4, 0.5) is 0 Å². The van der Waals surface area contributed by atoms with Crippen LogP contribution < -0.4 is 0 Å². The maximum Gasteiger partial charge on any atom is 0 e. The van der Waals surface area contributed by atoms with Gasteiger partial charge in [0.15, 0.2) is 5.78 Å². The van der Waals surface area contributed by atoms with Crippen LogP contribution in [0.3, 0.4) is 0 Å². The predicted octanol–water partition coefficient (Wildman–Crippen LogP) is 1.94. The second kappa shape index (κ2) is 23.9. The molecule has 17 heavy (non-hydrogen) atoms. The predicted molar refractivity (Wildman–Crippen MR) is 52.8 cm³/mol. The molecular formula is C12H8CrO4. The quantitative estimate of drug-likeness (QED) is 0.349. The van der Waals surface area contributed by atoms with E-state index in [0.29, 0.717) is 5.56 Å². The Kier molecular flexibility index (Phi) is 34.5. The SMILES string of the molecule is C=CC(=O)c1ccccc1.[C-]#[O+].[C-]#[O+].[C-]#[O+].[Cr]. The van der Waals surface area contributed by atoms with Crippen molar-refractivity contribution in [2.75, 3.05) is 0 Å². The number of hydrogen-bond donors (Lipinski definition) is 0. The largest absolute Gasteiger partial charge is 0 e. The molecule has 1 aromatic carbocycles. The maximum atomic E-state index is 10.9. The van der Waals surface area contributed by atoms with Gasteiger partial charge in [-0.3, -0.25) is 4.79 Å². The molecule has 0 spiro atoms. The van der Waals surface area contributed by atoms with Crippen molar-refractivity contribution in [1.82, 2.24) is 0 Å². The van der Waals surface area contributed by atoms with Crippen LogP contribution in [0.2, 0.25) is 0 Å². The zero-order valence-electron chi connectivity index (χ0n) is 8.71. The Morgan fingerprint density at radius 1 is 1.00 bits per heavy atom. The van der Waals surface area contributed by atoms with Crippen molar-refractivity contribution >= 4 is 5.78 Å². The molecule has 0 radical (unpaired) electrons. The summed E-state index contributed by atoms with van der Waals surface area (Å²) in [5.41, 5.74) is 0.692. The van der Waals surface area contributed by atoms with E-state index in [1.165, 1.54) is 6.08 Å². The minimum absolute atomic E-state index is 0. The molecule has 4 nitrogen and oxygen atoms in total. The first kappa shape index (κ1) is 24.6. The van der Waals surface area contributed by atoms with Crippen molar-refractivity contribution in [3.8, 4) is 0 Å². The van der Waals surface area contributed by atoms with E-state index >= 15 is 0 Å². The molecule has 5 heteroatoms. The van der Waals surface area contributed by atoms with E-state index in [1.54, 1.807) is 12.1 Å². The third kappa shape index (κ3) is 14.4. The van der Waals surface area contributed by atoms with E-state index in [9.17, 15) is 4.79 Å². The van der Waals surface area contributed by atoms with Gasteiger partial charge in [-0.25, -0.2) is 0 Å². The molecule has 0 amide bonds. The number of rotatable bonds is 2. The molecule has 86 valence electrons. The molecule has 0 bridgehead atoms. The average Bonchev–Trinajstić information content (AvgIpc) is 2.45. The van der Waals surface area contributed by atoms with Gasteiger partial charge in [-0.1, -0.05) is 36.9 Å². The minimum Gasteiger partial charge on any atom is 0 e. The Labute approximate surface area is 111 Å². The molecule has 0 heterocycles. The Morgan fingerprint density at radius 2 is 1.35 bits per heavy atom. The summed E-state index contributed by atoms with van der Waals surface area (Å²) in [6.45, 7) is 16.9. The fourth-order valence-electron chi connectivity index (χ4n) is 0.720. The number of benzene rings is 1. The maximum absolute atomic E-state index is 10.9. The summed E-state index contributed by atoms with van der Waals surface area (Å²) in [5, 5.41) is 0. The van der Waals surface area contributed by atoms with Crippen molar-refractivity contribution in [1.29, 1.82) is 0 Å². The van der Waals surface area contributed by atoms with Crippen LogP contribution in [0.1, 0.15) is 10.4 Å². The van der Waals surface area contributed by atoms with Crippen LogP contribution >= 0.6 is 0 Å². The topological polar surface area (TPSA) is 76.8 Å². The van der Waals surface area contributed by atoms with Crippen LogP contribution in [0.15, 0.2) is 43.0 Å². The first-order chi connectivity index (χ1) is 7.84. The molecule has 0 unspecified atom stereocenters. The third-order valence-corrected chi connectivity index (χ3v) is 1.24. The van der Waals surface area contributed by atoms with E-state index < -0.39 is 0 Å². The fourth-order valence-corrected chi connectivity index (χ4v) is 0.720. The molecule has 1 aromatic rings. The summed E-state index contributed by atoms with van der Waals surface area (Å²) in [6.07, 6.45) is 1.31. The Morgan fingerprint density at radius 3 is 1.65 bits per heavy atom. The van der Waals surface area contributed by atoms with Crippen molar-refractivity contribution < 1.29 is 36.1 Å². The number of allylic oxidation sites excluding steroid dienone is 1. The van der Waals surface area contributed by atoms with E-state index in [2.05, 4.69) is 26.5 Å². The molecule has 0 atom stereocenters. The summed E-state index contributed by atoms with van der Waals surface area (Å²) in [6, 6.07) is 9.07. The Bertz CT molecular complexity index is 337. The molecule has 0 saturated heterocycles. The standard InChI is InChI=1S/C9H8O.3CO.Cr/c1-2-9(10)8-6-4-3-5-7-8;3*1-2;/h2-7H,1H2;;;;. The van der Waals surface area contributed by atoms with Gasteiger partial charge >= 0.3 is 33.9 Å². The van der Waals surface area contributed by atoms with Crippen LogP contribution in [0.5, 0.6) is 0 Å². The normalized spacial score (nSPS) is 5.53. The summed E-state index contributed by atoms with van der Waals surface area (Å²) < 4.78 is 22.5. The first-order valence-corrected chi connectivity index (χ1v) is 3.67. The molecular weight excluding hydrogens is 260 g/mol. The first-order valence-electron chi connectivity index (χ1n) is 3.67. The third-order valence-electron chi connectivity index (χ3n) is 1.24. The summed E-state index contributed by atoms with van der Waals surface area (Å²) in [5.74, 6) is -0.0272. The monoisotopic (exact) mass is 268 g/mol.